The molecule has 636 valence electrons. The largest absolute Gasteiger partial charge is 0.460 e. The summed E-state index contributed by atoms with van der Waals surface area (Å²) in [5.74, 6) is -2.09. The van der Waals surface area contributed by atoms with Gasteiger partial charge in [0.05, 0.1) is 30.4 Å². The number of alkyl carbamates (subject to hydrolysis) is 6. The lowest BCUT2D eigenvalue weighted by Gasteiger charge is -2.48. The van der Waals surface area contributed by atoms with Gasteiger partial charge in [-0.1, -0.05) is 84.1 Å². The van der Waals surface area contributed by atoms with E-state index in [0.717, 1.165) is 26.9 Å². The van der Waals surface area contributed by atoms with Crippen LogP contribution in [0.2, 0.25) is 0 Å². The predicted octanol–water partition coefficient (Wildman–Crippen LogP) is 2.54. The van der Waals surface area contributed by atoms with Crippen molar-refractivity contribution < 1.29 is 131 Å². The minimum Gasteiger partial charge on any atom is -0.460 e. The normalized spacial score (nSPS) is 27.9. The highest BCUT2D eigenvalue weighted by Gasteiger charge is 2.57. The zero-order valence-electron chi connectivity index (χ0n) is 67.0. The number of nitrogens with two attached hydrogens (primary N) is 1. The number of nitrogens with one attached hydrogen (secondary N) is 7. The molecule has 3 saturated heterocycles. The summed E-state index contributed by atoms with van der Waals surface area (Å²) < 4.78 is 79.3. The first kappa shape index (κ1) is 89.8. The van der Waals surface area contributed by atoms with Gasteiger partial charge in [0.15, 0.2) is 18.9 Å². The fourth-order valence-electron chi connectivity index (χ4n) is 13.4. The van der Waals surface area contributed by atoms with Crippen molar-refractivity contribution in [1.29, 1.82) is 0 Å². The van der Waals surface area contributed by atoms with E-state index in [1.807, 2.05) is 48.5 Å². The Labute approximate surface area is 665 Å². The van der Waals surface area contributed by atoms with Gasteiger partial charge in [-0.05, 0) is 138 Å². The van der Waals surface area contributed by atoms with Crippen molar-refractivity contribution in [2.45, 2.75) is 286 Å². The molecule has 9 rings (SSSR count). The Morgan fingerprint density at radius 3 is 1.54 bits per heavy atom. The van der Waals surface area contributed by atoms with Crippen LogP contribution in [0.4, 0.5) is 28.8 Å². The van der Waals surface area contributed by atoms with Gasteiger partial charge in [0, 0.05) is 31.6 Å². The maximum atomic E-state index is 14.4. The Balaban J connectivity index is 1.08. The molecule has 38 heteroatoms. The first-order chi connectivity index (χ1) is 53.7. The summed E-state index contributed by atoms with van der Waals surface area (Å²) >= 11 is 0. The van der Waals surface area contributed by atoms with Crippen molar-refractivity contribution in [2.24, 2.45) is 5.73 Å². The molecule has 4 fully saturated rings. The monoisotopic (exact) mass is 1620 g/mol. The Kier molecular flexibility index (Phi) is 29.5. The van der Waals surface area contributed by atoms with Crippen LogP contribution in [0, 0.1) is 0 Å². The van der Waals surface area contributed by atoms with Gasteiger partial charge in [-0.2, -0.15) is 0 Å². The maximum Gasteiger partial charge on any atom is 0.408 e. The van der Waals surface area contributed by atoms with Gasteiger partial charge < -0.3 is 135 Å². The lowest BCUT2D eigenvalue weighted by atomic mass is 9.83. The molecule has 20 atom stereocenters. The van der Waals surface area contributed by atoms with E-state index >= 15 is 0 Å². The fourth-order valence-corrected chi connectivity index (χ4v) is 13.4. The van der Waals surface area contributed by atoms with Crippen LogP contribution in [-0.2, 0) is 90.7 Å². The molecule has 1 aromatic heterocycles. The molecule has 3 aliphatic heterocycles. The maximum absolute atomic E-state index is 14.4. The highest BCUT2D eigenvalue weighted by atomic mass is 16.8. The topological polar surface area (TPSA) is 519 Å². The Bertz CT molecular complexity index is 3930. The van der Waals surface area contributed by atoms with Crippen LogP contribution < -0.4 is 43.0 Å². The molecule has 1 saturated carbocycles. The third-order valence-electron chi connectivity index (χ3n) is 18.3. The second-order valence-corrected chi connectivity index (χ2v) is 33.7. The summed E-state index contributed by atoms with van der Waals surface area (Å²) in [6.07, 6.45) is -33.8. The molecule has 2 aliphatic carbocycles. The van der Waals surface area contributed by atoms with Crippen LogP contribution in [0.5, 0.6) is 0 Å². The number of rotatable bonds is 25. The number of hydrogen-bond donors (Lipinski definition) is 14. The van der Waals surface area contributed by atoms with Crippen LogP contribution in [0.25, 0.3) is 11.1 Å². The molecular weight excluding hydrogens is 1510 g/mol. The molecule has 15 N–H and O–H groups in total. The minimum absolute atomic E-state index is 0.00487. The van der Waals surface area contributed by atoms with E-state index < -0.39 is 238 Å². The first-order valence-corrected chi connectivity index (χ1v) is 37.9. The number of benzene rings is 3. The molecule has 3 aromatic carbocycles. The van der Waals surface area contributed by atoms with Gasteiger partial charge in [0.2, 0.25) is 5.91 Å². The Morgan fingerprint density at radius 2 is 0.983 bits per heavy atom. The van der Waals surface area contributed by atoms with Crippen molar-refractivity contribution >= 4 is 48.4 Å². The lowest BCUT2D eigenvalue weighted by molar-refractivity contribution is -0.308. The number of nitrogens with zero attached hydrogens (tertiary/aromatic N) is 3. The van der Waals surface area contributed by atoms with Crippen LogP contribution in [0.15, 0.2) is 85.1 Å². The van der Waals surface area contributed by atoms with Crippen LogP contribution in [-0.4, -0.2) is 271 Å². The van der Waals surface area contributed by atoms with E-state index in [9.17, 15) is 69.0 Å². The highest BCUT2D eigenvalue weighted by molar-refractivity contribution is 5.88. The van der Waals surface area contributed by atoms with Gasteiger partial charge >= 0.3 is 42.5 Å². The summed E-state index contributed by atoms with van der Waals surface area (Å²) in [7, 11) is 0. The van der Waals surface area contributed by atoms with Gasteiger partial charge in [-0.25, -0.2) is 33.4 Å². The standard InChI is InChI=1S/C77H111N11O27/c1-73(2,3)111-67(97)80-31-48-55(91)57(93)52(78)64(105-48)108-60-46(83-71(101)114-76(10,11)12)30-45(82-70(100)113-75(7,8)9)54(90)62(60)110-66-59(95)61(109-65-53(85-72(102)115-77(13,14)15)58(94)56(92)49(106-65)32-81-68(98)112-74(4,5)6)50(107-66)35-88-34-39(86-87-88)29-47(63(96)79-33-51(89)103-36-38-23-17-16-18-24-38)84-69(99)104-37-44-42-27-21-19-25-40(42)41-26-20-22-28-43(41)44/h16-28,34,44-50,52-62,64-66,90-95H,29-33,35-37,78H2,1-15H3,(H,79,96)(H,80,97)(H,81,98)(H,82,100)(H,83,101)(H,84,99)(H,85,102)/t45-,46+,47?,48-,49+,50-,52-,53-,54+,55-,56-,57-,58-,59-,60-,61-,62-,64-,65-,66+/m1/s1. The molecule has 4 aromatic rings. The molecule has 0 radical (unpaired) electrons. The number of aliphatic hydroxyl groups is 6. The molecule has 38 nitrogen and oxygen atoms in total. The molecule has 5 aliphatic rings. The Hall–Kier alpha value is -9.16. The average molecular weight is 1620 g/mol. The van der Waals surface area contributed by atoms with Crippen molar-refractivity contribution in [1.82, 2.24) is 52.2 Å². The van der Waals surface area contributed by atoms with E-state index in [2.05, 4.69) is 47.5 Å². The summed E-state index contributed by atoms with van der Waals surface area (Å²) in [5, 5.41) is 99.0. The smallest absolute Gasteiger partial charge is 0.408 e. The fraction of sp³-hybridized carbons (Fsp3) is 0.636. The number of aliphatic hydroxyl groups excluding tert-OH is 6. The Morgan fingerprint density at radius 1 is 0.504 bits per heavy atom. The zero-order chi connectivity index (χ0) is 84.4. The summed E-state index contributed by atoms with van der Waals surface area (Å²) in [4.78, 5) is 109. The SMILES string of the molecule is CC(C)(C)OC(=O)NC[C@@H]1O[C@H](O[C@H]2[C@@H](O)[C@H](O[C@@H]3[C@@H](O)[C@H](NC(=O)OC(C)(C)C)C[C@H](NC(=O)OC(C)(C)C)[C@H]3O[C@H]3O[C@H](CNC(=O)OC(C)(C)C)[C@@H](O)[C@H](O)[C@H]3N)O[C@@H]2Cn2cc(CC(NC(=O)OCC3c4ccccc4-c4ccccc43)C(=O)NCC(=O)OCc3ccccc3)nn2)[C@H](NC(=O)OC(C)(C)C)[C@@H](O)[C@@H]1O. The third kappa shape index (κ3) is 25.7. The van der Waals surface area contributed by atoms with E-state index in [4.69, 9.17) is 67.3 Å². The first-order valence-electron chi connectivity index (χ1n) is 37.9. The van der Waals surface area contributed by atoms with Crippen LogP contribution in [0.1, 0.15) is 139 Å². The average Bonchev–Trinajstić information content (AvgIpc) is 1.54. The van der Waals surface area contributed by atoms with Crippen molar-refractivity contribution in [2.75, 3.05) is 26.2 Å². The molecule has 4 heterocycles. The van der Waals surface area contributed by atoms with Crippen molar-refractivity contribution in [3.63, 3.8) is 0 Å². The molecule has 115 heavy (non-hydrogen) atoms. The zero-order valence-corrected chi connectivity index (χ0v) is 67.0. The minimum atomic E-state index is -2.16. The second kappa shape index (κ2) is 37.8. The molecule has 1 unspecified atom stereocenters. The number of hydrogen-bond acceptors (Lipinski definition) is 30. The number of carbonyl (C=O) groups excluding carboxylic acids is 8. The van der Waals surface area contributed by atoms with E-state index in [1.165, 1.54) is 6.20 Å². The van der Waals surface area contributed by atoms with E-state index in [1.54, 1.807) is 134 Å². The van der Waals surface area contributed by atoms with Crippen molar-refractivity contribution in [3.05, 3.63) is 107 Å². The summed E-state index contributed by atoms with van der Waals surface area (Å²) in [5.41, 5.74) is 5.61. The van der Waals surface area contributed by atoms with Crippen molar-refractivity contribution in [3.8, 4) is 11.1 Å². The highest BCUT2D eigenvalue weighted by Crippen LogP contribution is 2.45. The molecule has 0 spiro atoms. The second-order valence-electron chi connectivity index (χ2n) is 33.7. The van der Waals surface area contributed by atoms with Gasteiger partial charge in [0.1, 0.15) is 133 Å². The number of ether oxygens (including phenoxy) is 13. The van der Waals surface area contributed by atoms with Gasteiger partial charge in [-0.15, -0.1) is 5.10 Å². The number of esters is 1. The quantitative estimate of drug-likeness (QED) is 0.0335. The molecular formula is C77H111N11O27. The molecule has 0 bridgehead atoms. The summed E-state index contributed by atoms with van der Waals surface area (Å²) in [6.45, 7) is 21.2. The number of amides is 7. The van der Waals surface area contributed by atoms with E-state index in [0.29, 0.717) is 5.56 Å². The van der Waals surface area contributed by atoms with Gasteiger partial charge in [-0.3, -0.25) is 9.59 Å². The van der Waals surface area contributed by atoms with Crippen LogP contribution in [0.3, 0.4) is 0 Å². The lowest BCUT2D eigenvalue weighted by Crippen LogP contribution is -2.70. The third-order valence-corrected chi connectivity index (χ3v) is 18.3. The molecule has 7 amide bonds. The van der Waals surface area contributed by atoms with E-state index in [-0.39, 0.29) is 24.8 Å². The number of carbonyl (C=O) groups is 8. The number of aromatic nitrogens is 3. The predicted molar refractivity (Wildman–Crippen MR) is 402 cm³/mol. The van der Waals surface area contributed by atoms with Gasteiger partial charge in [0.25, 0.3) is 0 Å². The number of fused-ring (bicyclic) bond motifs is 3. The summed E-state index contributed by atoms with van der Waals surface area (Å²) in [6, 6.07) is 16.1. The van der Waals surface area contributed by atoms with Crippen LogP contribution >= 0.6 is 0 Å².